The Labute approximate surface area is 121 Å². The van der Waals surface area contributed by atoms with Gasteiger partial charge in [0.15, 0.2) is 0 Å². The second-order valence-corrected chi connectivity index (χ2v) is 4.84. The van der Waals surface area contributed by atoms with Crippen molar-refractivity contribution in [3.63, 3.8) is 0 Å². The van der Waals surface area contributed by atoms with Crippen molar-refractivity contribution in [1.82, 2.24) is 5.32 Å². The number of carbonyl (C=O) groups is 2. The van der Waals surface area contributed by atoms with E-state index in [1.54, 1.807) is 12.1 Å². The number of amides is 1. The van der Waals surface area contributed by atoms with Gasteiger partial charge in [-0.05, 0) is 12.1 Å². The summed E-state index contributed by atoms with van der Waals surface area (Å²) in [5.74, 6) is -2.10. The zero-order valence-corrected chi connectivity index (χ0v) is 11.3. The Morgan fingerprint density at radius 3 is 2.57 bits per heavy atom. The molecule has 1 aliphatic heterocycles. The predicted molar refractivity (Wildman–Crippen MR) is 74.0 cm³/mol. The highest BCUT2D eigenvalue weighted by Crippen LogP contribution is 2.21. The van der Waals surface area contributed by atoms with Gasteiger partial charge in [0, 0.05) is 37.7 Å². The average molecular weight is 293 g/mol. The zero-order valence-electron chi connectivity index (χ0n) is 11.3. The van der Waals surface area contributed by atoms with Gasteiger partial charge in [0.25, 0.3) is 0 Å². The molecule has 0 bridgehead atoms. The van der Waals surface area contributed by atoms with Crippen LogP contribution in [0.5, 0.6) is 0 Å². The lowest BCUT2D eigenvalue weighted by molar-refractivity contribution is -0.151. The van der Waals surface area contributed by atoms with Gasteiger partial charge >= 0.3 is 5.97 Å². The minimum atomic E-state index is -1.31. The normalized spacial score (nSPS) is 17.6. The van der Waals surface area contributed by atoms with E-state index in [9.17, 15) is 19.1 Å². The fourth-order valence-corrected chi connectivity index (χ4v) is 2.17. The van der Waals surface area contributed by atoms with E-state index >= 15 is 0 Å². The predicted octanol–water partition coefficient (Wildman–Crippen LogP) is 1.59. The topological polar surface area (TPSA) is 75.6 Å². The molecule has 0 aromatic heterocycles. The van der Waals surface area contributed by atoms with Crippen LogP contribution in [-0.4, -0.2) is 35.7 Å². The summed E-state index contributed by atoms with van der Waals surface area (Å²) in [6.07, 6.45) is 2.88. The van der Waals surface area contributed by atoms with Crippen LogP contribution in [0.4, 0.5) is 4.39 Å². The Bertz CT molecular complexity index is 565. The number of hydrogen-bond acceptors (Lipinski definition) is 3. The molecule has 1 aliphatic rings. The second-order valence-electron chi connectivity index (χ2n) is 4.84. The Hall–Kier alpha value is -2.21. The quantitative estimate of drug-likeness (QED) is 0.827. The largest absolute Gasteiger partial charge is 0.480 e. The van der Waals surface area contributed by atoms with E-state index in [2.05, 4.69) is 5.32 Å². The monoisotopic (exact) mass is 293 g/mol. The van der Waals surface area contributed by atoms with Crippen molar-refractivity contribution in [1.29, 1.82) is 0 Å². The van der Waals surface area contributed by atoms with Gasteiger partial charge in [-0.15, -0.1) is 0 Å². The lowest BCUT2D eigenvalue weighted by atomic mass is 9.90. The molecule has 0 unspecified atom stereocenters. The summed E-state index contributed by atoms with van der Waals surface area (Å²) in [4.78, 5) is 23.3. The van der Waals surface area contributed by atoms with Crippen molar-refractivity contribution in [3.05, 3.63) is 41.7 Å². The average Bonchev–Trinajstić information content (AvgIpc) is 2.47. The molecule has 112 valence electrons. The van der Waals surface area contributed by atoms with Crippen molar-refractivity contribution in [3.8, 4) is 0 Å². The maximum atomic E-state index is 13.4. The highest BCUT2D eigenvalue weighted by Gasteiger charge is 2.41. The van der Waals surface area contributed by atoms with E-state index in [1.165, 1.54) is 18.2 Å². The number of carboxylic acids is 1. The van der Waals surface area contributed by atoms with Gasteiger partial charge in [-0.1, -0.05) is 18.2 Å². The van der Waals surface area contributed by atoms with Gasteiger partial charge in [0.05, 0.1) is 0 Å². The van der Waals surface area contributed by atoms with Crippen LogP contribution in [0.25, 0.3) is 6.08 Å². The maximum absolute atomic E-state index is 13.4. The maximum Gasteiger partial charge on any atom is 0.329 e. The Kier molecular flexibility index (Phi) is 4.70. The fraction of sp³-hybridized carbons (Fsp3) is 0.333. The van der Waals surface area contributed by atoms with Crippen molar-refractivity contribution in [2.75, 3.05) is 13.2 Å². The van der Waals surface area contributed by atoms with Crippen molar-refractivity contribution < 1.29 is 23.8 Å². The lowest BCUT2D eigenvalue weighted by Crippen LogP contribution is -2.57. The van der Waals surface area contributed by atoms with Crippen LogP contribution in [0.15, 0.2) is 30.3 Å². The number of ether oxygens (including phenoxy) is 1. The minimum Gasteiger partial charge on any atom is -0.480 e. The molecule has 0 spiro atoms. The second kappa shape index (κ2) is 6.49. The zero-order chi connectivity index (χ0) is 15.3. The number of aliphatic carboxylic acids is 1. The molecule has 0 saturated carbocycles. The van der Waals surface area contributed by atoms with Gasteiger partial charge in [-0.3, -0.25) is 4.79 Å². The number of rotatable bonds is 4. The molecule has 21 heavy (non-hydrogen) atoms. The third kappa shape index (κ3) is 3.66. The Morgan fingerprint density at radius 2 is 1.95 bits per heavy atom. The summed E-state index contributed by atoms with van der Waals surface area (Å²) >= 11 is 0. The molecular weight excluding hydrogens is 277 g/mol. The smallest absolute Gasteiger partial charge is 0.329 e. The van der Waals surface area contributed by atoms with Crippen molar-refractivity contribution in [2.24, 2.45) is 0 Å². The summed E-state index contributed by atoms with van der Waals surface area (Å²) in [7, 11) is 0. The first kappa shape index (κ1) is 15.2. The Morgan fingerprint density at radius 1 is 1.29 bits per heavy atom. The molecule has 0 atom stereocenters. The Balaban J connectivity index is 2.06. The molecule has 1 amide bonds. The first-order valence-corrected chi connectivity index (χ1v) is 6.59. The molecular formula is C15H16FNO4. The lowest BCUT2D eigenvalue weighted by Gasteiger charge is -2.33. The van der Waals surface area contributed by atoms with Gasteiger partial charge in [0.1, 0.15) is 11.4 Å². The molecule has 0 radical (unpaired) electrons. The van der Waals surface area contributed by atoms with Crippen LogP contribution in [0, 0.1) is 5.82 Å². The van der Waals surface area contributed by atoms with E-state index in [1.807, 2.05) is 0 Å². The third-order valence-electron chi connectivity index (χ3n) is 3.44. The van der Waals surface area contributed by atoms with Crippen LogP contribution < -0.4 is 5.32 Å². The molecule has 1 aromatic rings. The molecule has 1 fully saturated rings. The molecule has 1 heterocycles. The van der Waals surface area contributed by atoms with Crippen LogP contribution in [-0.2, 0) is 14.3 Å². The molecule has 5 nitrogen and oxygen atoms in total. The fourth-order valence-electron chi connectivity index (χ4n) is 2.17. The number of carbonyl (C=O) groups excluding carboxylic acids is 1. The summed E-state index contributed by atoms with van der Waals surface area (Å²) in [5.41, 5.74) is -1.04. The van der Waals surface area contributed by atoms with Crippen molar-refractivity contribution in [2.45, 2.75) is 18.4 Å². The van der Waals surface area contributed by atoms with Gasteiger partial charge in [0.2, 0.25) is 5.91 Å². The summed E-state index contributed by atoms with van der Waals surface area (Å²) < 4.78 is 18.5. The van der Waals surface area contributed by atoms with Crippen LogP contribution in [0.3, 0.4) is 0 Å². The molecule has 1 saturated heterocycles. The molecule has 1 aromatic carbocycles. The molecule has 2 N–H and O–H groups in total. The van der Waals surface area contributed by atoms with E-state index in [-0.39, 0.29) is 31.6 Å². The molecule has 2 rings (SSSR count). The number of benzene rings is 1. The summed E-state index contributed by atoms with van der Waals surface area (Å²) in [5, 5.41) is 11.8. The number of carboxylic acid groups (broad SMARTS) is 1. The van der Waals surface area contributed by atoms with Crippen LogP contribution in [0.2, 0.25) is 0 Å². The van der Waals surface area contributed by atoms with E-state index in [0.29, 0.717) is 0 Å². The van der Waals surface area contributed by atoms with Gasteiger partial charge < -0.3 is 15.2 Å². The van der Waals surface area contributed by atoms with Crippen LogP contribution >= 0.6 is 0 Å². The molecule has 0 aliphatic carbocycles. The minimum absolute atomic E-state index is 0.210. The highest BCUT2D eigenvalue weighted by molar-refractivity contribution is 5.95. The first-order valence-electron chi connectivity index (χ1n) is 6.59. The number of nitrogens with one attached hydrogen (secondary N) is 1. The standard InChI is InChI=1S/C15H16FNO4/c16-12-4-2-1-3-11(12)5-6-13(18)17-15(14(19)20)7-9-21-10-8-15/h1-6H,7-10H2,(H,17,18)(H,19,20)/b6-5+. The summed E-state index contributed by atoms with van der Waals surface area (Å²) in [6.45, 7) is 0.563. The van der Waals surface area contributed by atoms with E-state index in [4.69, 9.17) is 4.74 Å². The highest BCUT2D eigenvalue weighted by atomic mass is 19.1. The van der Waals surface area contributed by atoms with Crippen molar-refractivity contribution >= 4 is 18.0 Å². The van der Waals surface area contributed by atoms with Gasteiger partial charge in [-0.25, -0.2) is 9.18 Å². The number of halogens is 1. The molecule has 6 heteroatoms. The first-order chi connectivity index (χ1) is 10.0. The van der Waals surface area contributed by atoms with Crippen LogP contribution in [0.1, 0.15) is 18.4 Å². The summed E-state index contributed by atoms with van der Waals surface area (Å²) in [6, 6.07) is 6.02. The number of hydrogen-bond donors (Lipinski definition) is 2. The van der Waals surface area contributed by atoms with Gasteiger partial charge in [-0.2, -0.15) is 0 Å². The van der Waals surface area contributed by atoms with E-state index < -0.39 is 23.2 Å². The third-order valence-corrected chi connectivity index (χ3v) is 3.44. The van der Waals surface area contributed by atoms with E-state index in [0.717, 1.165) is 6.08 Å². The SMILES string of the molecule is O=C(/C=C/c1ccccc1F)NC1(C(=O)O)CCOCC1.